The Morgan fingerprint density at radius 3 is 2.69 bits per heavy atom. The fourth-order valence-electron chi connectivity index (χ4n) is 1.44. The Labute approximate surface area is 84.4 Å². The fraction of sp³-hybridized carbons (Fsp3) is 0.455. The van der Waals surface area contributed by atoms with Crippen molar-refractivity contribution in [2.75, 3.05) is 0 Å². The van der Waals surface area contributed by atoms with Crippen molar-refractivity contribution >= 4 is 11.6 Å². The molecule has 1 aromatic rings. The van der Waals surface area contributed by atoms with Gasteiger partial charge in [0.1, 0.15) is 0 Å². The third kappa shape index (κ3) is 2.71. The Kier molecular flexibility index (Phi) is 3.76. The van der Waals surface area contributed by atoms with Crippen molar-refractivity contribution in [3.05, 3.63) is 34.3 Å². The lowest BCUT2D eigenvalue weighted by Crippen LogP contribution is -1.99. The lowest BCUT2D eigenvalue weighted by Gasteiger charge is -2.12. The zero-order valence-corrected chi connectivity index (χ0v) is 8.80. The van der Waals surface area contributed by atoms with Crippen LogP contribution in [0.2, 0.25) is 5.02 Å². The number of rotatable bonds is 3. The zero-order chi connectivity index (χ0) is 9.84. The second kappa shape index (κ2) is 4.64. The fourth-order valence-corrected chi connectivity index (χ4v) is 1.67. The van der Waals surface area contributed by atoms with Crippen LogP contribution in [0, 0.1) is 6.92 Å². The van der Waals surface area contributed by atoms with Crippen LogP contribution in [-0.4, -0.2) is 5.11 Å². The molecule has 0 aliphatic carbocycles. The van der Waals surface area contributed by atoms with E-state index in [4.69, 9.17) is 11.6 Å². The highest BCUT2D eigenvalue weighted by Gasteiger charge is 2.08. The standard InChI is InChI=1S/C11H15ClO/c1-3-4-11(13)10-6-5-9(12)7-8(10)2/h5-7,11,13H,3-4H2,1-2H3/t11-/m1/s1. The van der Waals surface area contributed by atoms with E-state index in [9.17, 15) is 5.11 Å². The van der Waals surface area contributed by atoms with Gasteiger partial charge in [-0.2, -0.15) is 0 Å². The minimum atomic E-state index is -0.345. The quantitative estimate of drug-likeness (QED) is 0.789. The molecule has 0 radical (unpaired) electrons. The molecule has 0 heterocycles. The lowest BCUT2D eigenvalue weighted by molar-refractivity contribution is 0.166. The first kappa shape index (κ1) is 10.6. The number of hydrogen-bond acceptors (Lipinski definition) is 1. The normalized spacial score (nSPS) is 12.9. The molecule has 72 valence electrons. The second-order valence-corrected chi connectivity index (χ2v) is 3.74. The van der Waals surface area contributed by atoms with Crippen LogP contribution in [0.15, 0.2) is 18.2 Å². The Hall–Kier alpha value is -0.530. The van der Waals surface area contributed by atoms with Gasteiger partial charge in [0.05, 0.1) is 6.10 Å². The van der Waals surface area contributed by atoms with E-state index in [2.05, 4.69) is 6.92 Å². The molecule has 0 aliphatic heterocycles. The second-order valence-electron chi connectivity index (χ2n) is 3.31. The Morgan fingerprint density at radius 2 is 2.15 bits per heavy atom. The van der Waals surface area contributed by atoms with Gasteiger partial charge in [-0.05, 0) is 36.6 Å². The molecule has 0 aromatic heterocycles. The summed E-state index contributed by atoms with van der Waals surface area (Å²) in [5, 5.41) is 10.5. The molecule has 0 fully saturated rings. The summed E-state index contributed by atoms with van der Waals surface area (Å²) in [4.78, 5) is 0. The highest BCUT2D eigenvalue weighted by atomic mass is 35.5. The van der Waals surface area contributed by atoms with Crippen LogP contribution in [0.4, 0.5) is 0 Å². The van der Waals surface area contributed by atoms with E-state index in [1.165, 1.54) is 0 Å². The van der Waals surface area contributed by atoms with E-state index in [0.717, 1.165) is 29.0 Å². The van der Waals surface area contributed by atoms with Crippen molar-refractivity contribution in [2.45, 2.75) is 32.8 Å². The van der Waals surface area contributed by atoms with E-state index >= 15 is 0 Å². The van der Waals surface area contributed by atoms with Gasteiger partial charge < -0.3 is 5.11 Å². The van der Waals surface area contributed by atoms with Crippen molar-refractivity contribution in [3.63, 3.8) is 0 Å². The summed E-state index contributed by atoms with van der Waals surface area (Å²) in [7, 11) is 0. The highest BCUT2D eigenvalue weighted by molar-refractivity contribution is 6.30. The lowest BCUT2D eigenvalue weighted by atomic mass is 10.0. The van der Waals surface area contributed by atoms with Crippen LogP contribution in [0.3, 0.4) is 0 Å². The van der Waals surface area contributed by atoms with Crippen molar-refractivity contribution in [1.29, 1.82) is 0 Å². The molecule has 2 heteroatoms. The molecular weight excluding hydrogens is 184 g/mol. The van der Waals surface area contributed by atoms with Gasteiger partial charge in [0.25, 0.3) is 0 Å². The van der Waals surface area contributed by atoms with Crippen LogP contribution in [0.5, 0.6) is 0 Å². The maximum Gasteiger partial charge on any atom is 0.0792 e. The molecule has 0 spiro atoms. The molecule has 13 heavy (non-hydrogen) atoms. The summed E-state index contributed by atoms with van der Waals surface area (Å²) in [5.41, 5.74) is 2.06. The molecule has 1 rings (SSSR count). The maximum atomic E-state index is 9.75. The molecule has 1 N–H and O–H groups in total. The first-order valence-electron chi connectivity index (χ1n) is 4.59. The Balaban J connectivity index is 2.88. The monoisotopic (exact) mass is 198 g/mol. The maximum absolute atomic E-state index is 9.75. The molecule has 1 aromatic carbocycles. The van der Waals surface area contributed by atoms with Crippen molar-refractivity contribution in [2.24, 2.45) is 0 Å². The smallest absolute Gasteiger partial charge is 0.0792 e. The van der Waals surface area contributed by atoms with Crippen LogP contribution >= 0.6 is 11.6 Å². The van der Waals surface area contributed by atoms with E-state index in [1.807, 2.05) is 25.1 Å². The van der Waals surface area contributed by atoms with Crippen molar-refractivity contribution in [1.82, 2.24) is 0 Å². The predicted octanol–water partition coefficient (Wildman–Crippen LogP) is 3.48. The molecule has 0 bridgehead atoms. The number of halogens is 1. The number of aryl methyl sites for hydroxylation is 1. The van der Waals surface area contributed by atoms with Gasteiger partial charge >= 0.3 is 0 Å². The molecule has 0 saturated carbocycles. The van der Waals surface area contributed by atoms with Crippen LogP contribution in [0.1, 0.15) is 37.0 Å². The summed E-state index contributed by atoms with van der Waals surface area (Å²) < 4.78 is 0. The summed E-state index contributed by atoms with van der Waals surface area (Å²) >= 11 is 5.82. The van der Waals surface area contributed by atoms with E-state index in [1.54, 1.807) is 0 Å². The SMILES string of the molecule is CCC[C@@H](O)c1ccc(Cl)cc1C. The largest absolute Gasteiger partial charge is 0.388 e. The van der Waals surface area contributed by atoms with Gasteiger partial charge in [0, 0.05) is 5.02 Å². The Morgan fingerprint density at radius 1 is 1.46 bits per heavy atom. The third-order valence-electron chi connectivity index (χ3n) is 2.15. The summed E-state index contributed by atoms with van der Waals surface area (Å²) in [6.45, 7) is 4.04. The summed E-state index contributed by atoms with van der Waals surface area (Å²) in [6, 6.07) is 5.61. The first-order valence-corrected chi connectivity index (χ1v) is 4.97. The third-order valence-corrected chi connectivity index (χ3v) is 2.39. The van der Waals surface area contributed by atoms with Gasteiger partial charge in [-0.25, -0.2) is 0 Å². The molecule has 0 amide bonds. The molecule has 1 nitrogen and oxygen atoms in total. The molecule has 0 saturated heterocycles. The predicted molar refractivity (Wildman–Crippen MR) is 56.1 cm³/mol. The highest BCUT2D eigenvalue weighted by Crippen LogP contribution is 2.24. The first-order chi connectivity index (χ1) is 6.15. The molecule has 0 unspecified atom stereocenters. The zero-order valence-electron chi connectivity index (χ0n) is 8.05. The minimum Gasteiger partial charge on any atom is -0.388 e. The van der Waals surface area contributed by atoms with Gasteiger partial charge in [-0.3, -0.25) is 0 Å². The van der Waals surface area contributed by atoms with E-state index in [-0.39, 0.29) is 6.10 Å². The van der Waals surface area contributed by atoms with Gasteiger partial charge in [-0.15, -0.1) is 0 Å². The van der Waals surface area contributed by atoms with E-state index < -0.39 is 0 Å². The van der Waals surface area contributed by atoms with Gasteiger partial charge in [0.15, 0.2) is 0 Å². The molecular formula is C11H15ClO. The topological polar surface area (TPSA) is 20.2 Å². The average Bonchev–Trinajstić information content (AvgIpc) is 2.04. The average molecular weight is 199 g/mol. The summed E-state index contributed by atoms with van der Waals surface area (Å²) in [6.07, 6.45) is 1.45. The minimum absolute atomic E-state index is 0.345. The summed E-state index contributed by atoms with van der Waals surface area (Å²) in [5.74, 6) is 0. The van der Waals surface area contributed by atoms with E-state index in [0.29, 0.717) is 0 Å². The number of benzene rings is 1. The number of hydrogen-bond donors (Lipinski definition) is 1. The van der Waals surface area contributed by atoms with Gasteiger partial charge in [-0.1, -0.05) is 31.0 Å². The van der Waals surface area contributed by atoms with Crippen molar-refractivity contribution < 1.29 is 5.11 Å². The van der Waals surface area contributed by atoms with Crippen molar-refractivity contribution in [3.8, 4) is 0 Å². The molecule has 0 aliphatic rings. The molecule has 1 atom stereocenters. The van der Waals surface area contributed by atoms with Crippen LogP contribution in [-0.2, 0) is 0 Å². The number of aliphatic hydroxyl groups excluding tert-OH is 1. The van der Waals surface area contributed by atoms with Gasteiger partial charge in [0.2, 0.25) is 0 Å². The number of aliphatic hydroxyl groups is 1. The van der Waals surface area contributed by atoms with Crippen LogP contribution < -0.4 is 0 Å². The van der Waals surface area contributed by atoms with Crippen LogP contribution in [0.25, 0.3) is 0 Å². The Bertz CT molecular complexity index is 283.